The highest BCUT2D eigenvalue weighted by Gasteiger charge is 2.51. The van der Waals surface area contributed by atoms with E-state index in [0.717, 1.165) is 33.4 Å². The van der Waals surface area contributed by atoms with Crippen molar-refractivity contribution in [2.24, 2.45) is 0 Å². The Bertz CT molecular complexity index is 2580. The Morgan fingerprint density at radius 3 is 1.07 bits per heavy atom. The fourth-order valence-corrected chi connectivity index (χ4v) is 8.55. The van der Waals surface area contributed by atoms with E-state index in [1.807, 2.05) is 0 Å². The Kier molecular flexibility index (Phi) is 7.12. The molecular weight excluding hydrogens is 677 g/mol. The first-order valence-electron chi connectivity index (χ1n) is 18.9. The van der Waals surface area contributed by atoms with Gasteiger partial charge in [0.25, 0.3) is 0 Å². The van der Waals surface area contributed by atoms with Crippen LogP contribution in [0.15, 0.2) is 142 Å². The second-order valence-corrected chi connectivity index (χ2v) is 16.8. The summed E-state index contributed by atoms with van der Waals surface area (Å²) >= 11 is 0. The van der Waals surface area contributed by atoms with Crippen LogP contribution in [0.3, 0.4) is 0 Å². The molecule has 10 rings (SSSR count). The van der Waals surface area contributed by atoms with E-state index in [1.54, 1.807) is 0 Å². The minimum absolute atomic E-state index is 0.0666. The number of hydrogen-bond donors (Lipinski definition) is 0. The van der Waals surface area contributed by atoms with Crippen molar-refractivity contribution in [3.8, 4) is 68.1 Å². The van der Waals surface area contributed by atoms with Crippen LogP contribution in [-0.4, -0.2) is 20.4 Å². The summed E-state index contributed by atoms with van der Waals surface area (Å²) in [5, 5.41) is 17.9. The summed E-state index contributed by atoms with van der Waals surface area (Å²) in [6.45, 7) is 13.3. The van der Waals surface area contributed by atoms with Crippen LogP contribution in [0.5, 0.6) is 0 Å². The molecule has 1 spiro atoms. The average molecular weight is 717 g/mol. The number of rotatable bonds is 4. The van der Waals surface area contributed by atoms with Crippen molar-refractivity contribution in [2.45, 2.75) is 57.8 Å². The average Bonchev–Trinajstić information content (AvgIpc) is 3.99. The molecule has 55 heavy (non-hydrogen) atoms. The van der Waals surface area contributed by atoms with Crippen LogP contribution in [0.2, 0.25) is 0 Å². The lowest BCUT2D eigenvalue weighted by Crippen LogP contribution is -2.25. The van der Waals surface area contributed by atoms with E-state index in [1.165, 1.54) is 44.5 Å². The SMILES string of the molecule is CC(C)(C)c1ccc(-c2nnc(-c3ccc4c(c3)-c3ccccc3C43c4ccccc4-c4cc(-c5nnc(-c6ccc(C(C)(C)C)cc6)o5)ccc43)o2)cc1. The maximum atomic E-state index is 6.32. The molecule has 0 saturated heterocycles. The molecule has 8 aromatic rings. The maximum Gasteiger partial charge on any atom is 0.248 e. The topological polar surface area (TPSA) is 77.8 Å². The standard InChI is InChI=1S/C49H40N4O2/c1-47(2,3)33-21-15-29(16-22-33)43-50-52-45(54-43)31-19-25-41-37(27-31)35-11-7-9-13-39(35)49(41)40-14-10-8-12-36(40)38-28-32(20-26-42(38)49)46-53-51-44(55-46)30-17-23-34(24-18-30)48(4,5)6/h7-28H,1-6H3. The predicted molar refractivity (Wildman–Crippen MR) is 218 cm³/mol. The van der Waals surface area contributed by atoms with E-state index in [-0.39, 0.29) is 10.8 Å². The minimum atomic E-state index is -0.501. The highest BCUT2D eigenvalue weighted by Crippen LogP contribution is 2.63. The zero-order valence-electron chi connectivity index (χ0n) is 31.8. The van der Waals surface area contributed by atoms with Crippen molar-refractivity contribution >= 4 is 0 Å². The van der Waals surface area contributed by atoms with Crippen LogP contribution in [0.25, 0.3) is 68.1 Å². The van der Waals surface area contributed by atoms with E-state index in [0.29, 0.717) is 23.6 Å². The molecule has 6 heteroatoms. The molecule has 2 aromatic heterocycles. The first-order chi connectivity index (χ1) is 26.5. The zero-order valence-corrected chi connectivity index (χ0v) is 31.8. The molecule has 0 unspecified atom stereocenters. The van der Waals surface area contributed by atoms with Crippen LogP contribution in [0, 0.1) is 0 Å². The molecule has 0 radical (unpaired) electrons. The van der Waals surface area contributed by atoms with Crippen molar-refractivity contribution in [3.63, 3.8) is 0 Å². The molecule has 0 fully saturated rings. The first-order valence-corrected chi connectivity index (χ1v) is 18.9. The van der Waals surface area contributed by atoms with Gasteiger partial charge < -0.3 is 8.83 Å². The molecule has 2 heterocycles. The lowest BCUT2D eigenvalue weighted by molar-refractivity contribution is 0.582. The molecule has 0 bridgehead atoms. The van der Waals surface area contributed by atoms with E-state index < -0.39 is 5.41 Å². The highest BCUT2D eigenvalue weighted by atomic mass is 16.4. The summed E-state index contributed by atoms with van der Waals surface area (Å²) < 4.78 is 12.6. The van der Waals surface area contributed by atoms with Gasteiger partial charge in [-0.2, -0.15) is 0 Å². The number of fused-ring (bicyclic) bond motifs is 10. The summed E-state index contributed by atoms with van der Waals surface area (Å²) in [4.78, 5) is 0. The first kappa shape index (κ1) is 33.2. The molecule has 0 aliphatic heterocycles. The van der Waals surface area contributed by atoms with Crippen LogP contribution in [-0.2, 0) is 16.2 Å². The normalized spacial score (nSPS) is 13.8. The monoisotopic (exact) mass is 716 g/mol. The van der Waals surface area contributed by atoms with Gasteiger partial charge in [-0.15, -0.1) is 20.4 Å². The number of aromatic nitrogens is 4. The van der Waals surface area contributed by atoms with Gasteiger partial charge in [0.2, 0.25) is 23.6 Å². The minimum Gasteiger partial charge on any atom is -0.416 e. The summed E-state index contributed by atoms with van der Waals surface area (Å²) in [5.41, 5.74) is 15.4. The van der Waals surface area contributed by atoms with E-state index in [2.05, 4.69) is 195 Å². The number of nitrogens with zero attached hydrogens (tertiary/aromatic N) is 4. The number of hydrogen-bond acceptors (Lipinski definition) is 6. The Balaban J connectivity index is 1.05. The van der Waals surface area contributed by atoms with E-state index in [9.17, 15) is 0 Å². The Hall–Kier alpha value is -6.40. The van der Waals surface area contributed by atoms with Crippen LogP contribution in [0.4, 0.5) is 0 Å². The second kappa shape index (κ2) is 11.8. The fraction of sp³-hybridized carbons (Fsp3) is 0.184. The van der Waals surface area contributed by atoms with Gasteiger partial charge in [-0.3, -0.25) is 0 Å². The molecule has 6 nitrogen and oxygen atoms in total. The largest absolute Gasteiger partial charge is 0.416 e. The molecule has 0 N–H and O–H groups in total. The van der Waals surface area contributed by atoms with Crippen LogP contribution >= 0.6 is 0 Å². The van der Waals surface area contributed by atoms with Gasteiger partial charge in [-0.05, 0) is 115 Å². The highest BCUT2D eigenvalue weighted by molar-refractivity contribution is 5.96. The van der Waals surface area contributed by atoms with Crippen LogP contribution in [0.1, 0.15) is 74.9 Å². The third kappa shape index (κ3) is 5.08. The van der Waals surface area contributed by atoms with Gasteiger partial charge in [0.05, 0.1) is 5.41 Å². The summed E-state index contributed by atoms with van der Waals surface area (Å²) in [6.07, 6.45) is 0. The number of benzene rings is 6. The molecule has 2 aliphatic carbocycles. The van der Waals surface area contributed by atoms with Gasteiger partial charge in [-0.25, -0.2) is 0 Å². The van der Waals surface area contributed by atoms with Gasteiger partial charge in [0.15, 0.2) is 0 Å². The summed E-state index contributed by atoms with van der Waals surface area (Å²) in [7, 11) is 0. The third-order valence-corrected chi connectivity index (χ3v) is 11.4. The second-order valence-electron chi connectivity index (χ2n) is 16.8. The Labute approximate surface area is 321 Å². The van der Waals surface area contributed by atoms with Crippen LogP contribution < -0.4 is 0 Å². The zero-order chi connectivity index (χ0) is 37.7. The molecular formula is C49H40N4O2. The van der Waals surface area contributed by atoms with Gasteiger partial charge in [-0.1, -0.05) is 126 Å². The van der Waals surface area contributed by atoms with Crippen molar-refractivity contribution in [1.29, 1.82) is 0 Å². The molecule has 0 saturated carbocycles. The lowest BCUT2D eigenvalue weighted by Gasteiger charge is -2.30. The fourth-order valence-electron chi connectivity index (χ4n) is 8.55. The lowest BCUT2D eigenvalue weighted by atomic mass is 9.70. The molecule has 6 aromatic carbocycles. The molecule has 268 valence electrons. The molecule has 0 atom stereocenters. The van der Waals surface area contributed by atoms with Crippen molar-refractivity contribution < 1.29 is 8.83 Å². The van der Waals surface area contributed by atoms with E-state index >= 15 is 0 Å². The smallest absolute Gasteiger partial charge is 0.248 e. The third-order valence-electron chi connectivity index (χ3n) is 11.4. The van der Waals surface area contributed by atoms with Gasteiger partial charge in [0.1, 0.15) is 0 Å². The van der Waals surface area contributed by atoms with Crippen molar-refractivity contribution in [3.05, 3.63) is 167 Å². The Morgan fingerprint density at radius 2 is 0.691 bits per heavy atom. The maximum absolute atomic E-state index is 6.32. The van der Waals surface area contributed by atoms with Gasteiger partial charge >= 0.3 is 0 Å². The van der Waals surface area contributed by atoms with Crippen molar-refractivity contribution in [2.75, 3.05) is 0 Å². The predicted octanol–water partition coefficient (Wildman–Crippen LogP) is 12.1. The quantitative estimate of drug-likeness (QED) is 0.180. The summed E-state index contributed by atoms with van der Waals surface area (Å²) in [6, 6.07) is 47.5. The van der Waals surface area contributed by atoms with E-state index in [4.69, 9.17) is 8.83 Å². The molecule has 0 amide bonds. The van der Waals surface area contributed by atoms with Gasteiger partial charge in [0, 0.05) is 22.3 Å². The molecule has 2 aliphatic rings. The Morgan fingerprint density at radius 1 is 0.364 bits per heavy atom. The van der Waals surface area contributed by atoms with Crippen molar-refractivity contribution in [1.82, 2.24) is 20.4 Å². The summed E-state index contributed by atoms with van der Waals surface area (Å²) in [5.74, 6) is 2.01.